The minimum atomic E-state index is -0.609. The summed E-state index contributed by atoms with van der Waals surface area (Å²) < 4.78 is 9.50. The van der Waals surface area contributed by atoms with E-state index in [1.807, 2.05) is 0 Å². The van der Waals surface area contributed by atoms with Crippen molar-refractivity contribution >= 4 is 11.9 Å². The SMILES string of the molecule is COCCNC(C(N)=O)c1ccc(C(=O)OC)cc1. The molecule has 0 radical (unpaired) electrons. The molecule has 1 aromatic carbocycles. The van der Waals surface area contributed by atoms with Crippen LogP contribution in [0.1, 0.15) is 22.0 Å². The highest BCUT2D eigenvalue weighted by Gasteiger charge is 2.17. The number of esters is 1. The van der Waals surface area contributed by atoms with Crippen LogP contribution in [0.5, 0.6) is 0 Å². The third-order valence-electron chi connectivity index (χ3n) is 2.60. The summed E-state index contributed by atoms with van der Waals surface area (Å²) in [5.74, 6) is -0.906. The smallest absolute Gasteiger partial charge is 0.337 e. The molecular formula is C13H18N2O4. The predicted octanol–water partition coefficient (Wildman–Crippen LogP) is 0.236. The highest BCUT2D eigenvalue weighted by Crippen LogP contribution is 2.14. The lowest BCUT2D eigenvalue weighted by Crippen LogP contribution is -2.35. The maximum absolute atomic E-state index is 11.4. The third kappa shape index (κ3) is 4.35. The van der Waals surface area contributed by atoms with Gasteiger partial charge in [0.2, 0.25) is 5.91 Å². The molecule has 3 N–H and O–H groups in total. The molecule has 0 aliphatic rings. The lowest BCUT2D eigenvalue weighted by molar-refractivity contribution is -0.120. The molecule has 1 aromatic rings. The average molecular weight is 266 g/mol. The highest BCUT2D eigenvalue weighted by molar-refractivity contribution is 5.89. The van der Waals surface area contributed by atoms with E-state index in [4.69, 9.17) is 10.5 Å². The maximum Gasteiger partial charge on any atom is 0.337 e. The van der Waals surface area contributed by atoms with Crippen LogP contribution in [0, 0.1) is 0 Å². The normalized spacial score (nSPS) is 11.9. The Kier molecular flexibility index (Phi) is 5.98. The topological polar surface area (TPSA) is 90.6 Å². The van der Waals surface area contributed by atoms with Crippen LogP contribution in [0.15, 0.2) is 24.3 Å². The van der Waals surface area contributed by atoms with Crippen LogP contribution in [-0.4, -0.2) is 39.2 Å². The fourth-order valence-electron chi connectivity index (χ4n) is 1.62. The van der Waals surface area contributed by atoms with E-state index in [9.17, 15) is 9.59 Å². The Hall–Kier alpha value is -1.92. The van der Waals surface area contributed by atoms with Gasteiger partial charge in [0.05, 0.1) is 19.3 Å². The van der Waals surface area contributed by atoms with Crippen molar-refractivity contribution in [1.82, 2.24) is 5.32 Å². The Labute approximate surface area is 111 Å². The standard InChI is InChI=1S/C13H18N2O4/c1-18-8-7-15-11(12(14)16)9-3-5-10(6-4-9)13(17)19-2/h3-6,11,15H,7-8H2,1-2H3,(H2,14,16). The summed E-state index contributed by atoms with van der Waals surface area (Å²) in [7, 11) is 2.89. The number of nitrogens with two attached hydrogens (primary N) is 1. The van der Waals surface area contributed by atoms with Crippen molar-refractivity contribution in [3.05, 3.63) is 35.4 Å². The Bertz CT molecular complexity index is 431. The Morgan fingerprint density at radius 1 is 1.26 bits per heavy atom. The molecule has 6 nitrogen and oxygen atoms in total. The maximum atomic E-state index is 11.4. The average Bonchev–Trinajstić information content (AvgIpc) is 2.42. The molecule has 1 rings (SSSR count). The van der Waals surface area contributed by atoms with Gasteiger partial charge in [-0.3, -0.25) is 10.1 Å². The Morgan fingerprint density at radius 3 is 2.37 bits per heavy atom. The van der Waals surface area contributed by atoms with Crippen molar-refractivity contribution in [1.29, 1.82) is 0 Å². The van der Waals surface area contributed by atoms with Crippen LogP contribution in [0.2, 0.25) is 0 Å². The monoisotopic (exact) mass is 266 g/mol. The van der Waals surface area contributed by atoms with Gasteiger partial charge in [0.1, 0.15) is 6.04 Å². The van der Waals surface area contributed by atoms with E-state index >= 15 is 0 Å². The van der Waals surface area contributed by atoms with Gasteiger partial charge < -0.3 is 15.2 Å². The summed E-state index contributed by atoms with van der Waals surface area (Å²) in [5, 5.41) is 2.98. The molecule has 0 saturated heterocycles. The summed E-state index contributed by atoms with van der Waals surface area (Å²) in [6, 6.07) is 5.91. The first kappa shape index (κ1) is 15.1. The molecule has 1 amide bonds. The second kappa shape index (κ2) is 7.50. The summed E-state index contributed by atoms with van der Waals surface area (Å²) in [6.07, 6.45) is 0. The van der Waals surface area contributed by atoms with Gasteiger partial charge >= 0.3 is 5.97 Å². The second-order valence-corrected chi connectivity index (χ2v) is 3.90. The summed E-state index contributed by atoms with van der Waals surface area (Å²) >= 11 is 0. The molecule has 0 bridgehead atoms. The number of carbonyl (C=O) groups excluding carboxylic acids is 2. The van der Waals surface area contributed by atoms with Crippen LogP contribution in [0.4, 0.5) is 0 Å². The number of carbonyl (C=O) groups is 2. The van der Waals surface area contributed by atoms with Crippen LogP contribution in [0.3, 0.4) is 0 Å². The molecule has 0 aliphatic carbocycles. The molecule has 0 spiro atoms. The zero-order valence-electron chi connectivity index (χ0n) is 11.0. The molecule has 6 heteroatoms. The minimum Gasteiger partial charge on any atom is -0.465 e. The molecule has 104 valence electrons. The number of hydrogen-bond donors (Lipinski definition) is 2. The first-order valence-corrected chi connectivity index (χ1v) is 5.80. The van der Waals surface area contributed by atoms with Crippen molar-refractivity contribution in [2.24, 2.45) is 5.73 Å². The van der Waals surface area contributed by atoms with Crippen molar-refractivity contribution in [3.63, 3.8) is 0 Å². The largest absolute Gasteiger partial charge is 0.465 e. The number of amides is 1. The lowest BCUT2D eigenvalue weighted by Gasteiger charge is -2.15. The van der Waals surface area contributed by atoms with E-state index in [2.05, 4.69) is 10.1 Å². The van der Waals surface area contributed by atoms with Gasteiger partial charge in [-0.05, 0) is 17.7 Å². The molecule has 0 fully saturated rings. The summed E-state index contributed by atoms with van der Waals surface area (Å²) in [5.41, 5.74) is 6.45. The second-order valence-electron chi connectivity index (χ2n) is 3.90. The molecule has 0 saturated carbocycles. The molecule has 1 unspecified atom stereocenters. The summed E-state index contributed by atoms with van der Waals surface area (Å²) in [4.78, 5) is 22.7. The van der Waals surface area contributed by atoms with Crippen molar-refractivity contribution in [3.8, 4) is 0 Å². The van der Waals surface area contributed by atoms with Gasteiger partial charge in [-0.15, -0.1) is 0 Å². The van der Waals surface area contributed by atoms with Gasteiger partial charge in [0.15, 0.2) is 0 Å². The molecule has 0 heterocycles. The fraction of sp³-hybridized carbons (Fsp3) is 0.385. The van der Waals surface area contributed by atoms with E-state index in [1.54, 1.807) is 31.4 Å². The predicted molar refractivity (Wildman–Crippen MR) is 69.6 cm³/mol. The quantitative estimate of drug-likeness (QED) is 0.545. The molecule has 0 aromatic heterocycles. The van der Waals surface area contributed by atoms with Gasteiger partial charge in [0.25, 0.3) is 0 Å². The van der Waals surface area contributed by atoms with Crippen LogP contribution < -0.4 is 11.1 Å². The van der Waals surface area contributed by atoms with Crippen LogP contribution in [0.25, 0.3) is 0 Å². The van der Waals surface area contributed by atoms with Gasteiger partial charge in [0, 0.05) is 13.7 Å². The first-order chi connectivity index (χ1) is 9.10. The van der Waals surface area contributed by atoms with Gasteiger partial charge in [-0.2, -0.15) is 0 Å². The van der Waals surface area contributed by atoms with Crippen molar-refractivity contribution in [2.45, 2.75) is 6.04 Å². The van der Waals surface area contributed by atoms with Crippen molar-refractivity contribution < 1.29 is 19.1 Å². The molecule has 1 atom stereocenters. The van der Waals surface area contributed by atoms with Gasteiger partial charge in [-0.1, -0.05) is 12.1 Å². The first-order valence-electron chi connectivity index (χ1n) is 5.80. The van der Waals surface area contributed by atoms with E-state index in [0.29, 0.717) is 24.3 Å². The molecule has 0 aliphatic heterocycles. The number of benzene rings is 1. The number of nitrogens with one attached hydrogen (secondary N) is 1. The highest BCUT2D eigenvalue weighted by atomic mass is 16.5. The minimum absolute atomic E-state index is 0.422. The van der Waals surface area contributed by atoms with Gasteiger partial charge in [-0.25, -0.2) is 4.79 Å². The number of rotatable bonds is 7. The number of hydrogen-bond acceptors (Lipinski definition) is 5. The van der Waals surface area contributed by atoms with E-state index in [-0.39, 0.29) is 0 Å². The number of primary amides is 1. The number of methoxy groups -OCH3 is 2. The summed E-state index contributed by atoms with van der Waals surface area (Å²) in [6.45, 7) is 0.979. The Morgan fingerprint density at radius 2 is 1.89 bits per heavy atom. The zero-order valence-corrected chi connectivity index (χ0v) is 11.0. The van der Waals surface area contributed by atoms with E-state index < -0.39 is 17.9 Å². The van der Waals surface area contributed by atoms with E-state index in [1.165, 1.54) is 7.11 Å². The molecule has 19 heavy (non-hydrogen) atoms. The van der Waals surface area contributed by atoms with Crippen LogP contribution in [-0.2, 0) is 14.3 Å². The van der Waals surface area contributed by atoms with Crippen LogP contribution >= 0.6 is 0 Å². The zero-order chi connectivity index (χ0) is 14.3. The Balaban J connectivity index is 2.79. The third-order valence-corrected chi connectivity index (χ3v) is 2.60. The van der Waals surface area contributed by atoms with E-state index in [0.717, 1.165) is 0 Å². The number of ether oxygens (including phenoxy) is 2. The van der Waals surface area contributed by atoms with Crippen molar-refractivity contribution in [2.75, 3.05) is 27.4 Å². The lowest BCUT2D eigenvalue weighted by atomic mass is 10.0. The molecular weight excluding hydrogens is 248 g/mol. The fourth-order valence-corrected chi connectivity index (χ4v) is 1.62.